The zero-order chi connectivity index (χ0) is 27.9. The highest BCUT2D eigenvalue weighted by Gasteiger charge is 2.26. The summed E-state index contributed by atoms with van der Waals surface area (Å²) in [4.78, 5) is 18.2. The smallest absolute Gasteiger partial charge is 0.225 e. The summed E-state index contributed by atoms with van der Waals surface area (Å²) in [7, 11) is 0. The molecule has 0 radical (unpaired) electrons. The molecule has 206 valence electrons. The number of aromatic nitrogens is 7. The van der Waals surface area contributed by atoms with E-state index in [0.717, 1.165) is 59.8 Å². The molecule has 0 aliphatic carbocycles. The lowest BCUT2D eigenvalue weighted by molar-refractivity contribution is 0.168. The Morgan fingerprint density at radius 3 is 2.33 bits per heavy atom. The first-order valence-corrected chi connectivity index (χ1v) is 13.2. The van der Waals surface area contributed by atoms with Crippen LogP contribution in [-0.2, 0) is 12.1 Å². The summed E-state index contributed by atoms with van der Waals surface area (Å²) >= 11 is 0. The molecule has 1 aliphatic rings. The van der Waals surface area contributed by atoms with Crippen LogP contribution in [-0.4, -0.2) is 71.7 Å². The highest BCUT2D eigenvalue weighted by atomic mass is 19.1. The molecule has 0 saturated carbocycles. The molecule has 5 aromatic rings. The van der Waals surface area contributed by atoms with Gasteiger partial charge in [0.15, 0.2) is 5.82 Å². The number of fused-ring (bicyclic) bond motifs is 1. The number of halogens is 1. The van der Waals surface area contributed by atoms with Crippen molar-refractivity contribution in [3.63, 3.8) is 0 Å². The number of nitrogens with zero attached hydrogens (tertiary/aromatic N) is 9. The maximum Gasteiger partial charge on any atom is 0.225 e. The molecule has 1 aromatic carbocycles. The van der Waals surface area contributed by atoms with Gasteiger partial charge in [0.05, 0.1) is 24.4 Å². The van der Waals surface area contributed by atoms with E-state index in [1.807, 2.05) is 23.8 Å². The third-order valence-corrected chi connectivity index (χ3v) is 7.35. The molecule has 6 rings (SSSR count). The van der Waals surface area contributed by atoms with E-state index in [4.69, 9.17) is 5.73 Å². The molecule has 40 heavy (non-hydrogen) atoms. The molecule has 0 amide bonds. The zero-order valence-electron chi connectivity index (χ0n) is 22.4. The molecule has 2 atom stereocenters. The normalized spacial score (nSPS) is 16.3. The number of nitrogens with two attached hydrogens (primary N) is 1. The number of hydrogen-bond donors (Lipinski definition) is 2. The Kier molecular flexibility index (Phi) is 6.64. The Morgan fingerprint density at radius 2 is 1.62 bits per heavy atom. The van der Waals surface area contributed by atoms with Crippen LogP contribution in [0.25, 0.3) is 16.6 Å². The van der Waals surface area contributed by atoms with E-state index in [1.54, 1.807) is 48.7 Å². The number of hydrogen-bond acceptors (Lipinski definition) is 9. The molecule has 12 heteroatoms. The second kappa shape index (κ2) is 10.3. The van der Waals surface area contributed by atoms with Crippen LogP contribution in [0, 0.1) is 5.82 Å². The van der Waals surface area contributed by atoms with Gasteiger partial charge in [-0.05, 0) is 37.6 Å². The van der Waals surface area contributed by atoms with Crippen LogP contribution in [0.5, 0.6) is 0 Å². The molecule has 0 unspecified atom stereocenters. The van der Waals surface area contributed by atoms with Crippen LogP contribution < -0.4 is 15.5 Å². The van der Waals surface area contributed by atoms with E-state index >= 15 is 0 Å². The van der Waals surface area contributed by atoms with Gasteiger partial charge in [0.25, 0.3) is 0 Å². The molecule has 0 spiro atoms. The fourth-order valence-corrected chi connectivity index (χ4v) is 5.04. The summed E-state index contributed by atoms with van der Waals surface area (Å²) in [5.41, 5.74) is 10.1. The first kappa shape index (κ1) is 25.8. The predicted molar refractivity (Wildman–Crippen MR) is 149 cm³/mol. The summed E-state index contributed by atoms with van der Waals surface area (Å²) in [6.07, 6.45) is 10.3. The Balaban J connectivity index is 1.15. The van der Waals surface area contributed by atoms with Crippen molar-refractivity contribution in [1.82, 2.24) is 34.3 Å². The molecular formula is C28H31FN10O. The maximum absolute atomic E-state index is 13.4. The Labute approximate surface area is 230 Å². The lowest BCUT2D eigenvalue weighted by Gasteiger charge is -2.35. The van der Waals surface area contributed by atoms with Crippen molar-refractivity contribution < 1.29 is 9.50 Å². The number of aliphatic hydroxyl groups excluding tert-OH is 1. The van der Waals surface area contributed by atoms with Crippen LogP contribution in [0.15, 0.2) is 67.6 Å². The van der Waals surface area contributed by atoms with Crippen molar-refractivity contribution in [3.05, 3.63) is 84.6 Å². The van der Waals surface area contributed by atoms with Crippen LogP contribution in [0.1, 0.15) is 25.0 Å². The van der Waals surface area contributed by atoms with E-state index in [2.05, 4.69) is 41.0 Å². The molecule has 5 heterocycles. The van der Waals surface area contributed by atoms with Gasteiger partial charge >= 0.3 is 0 Å². The van der Waals surface area contributed by atoms with Gasteiger partial charge in [-0.2, -0.15) is 10.2 Å². The number of rotatable bonds is 7. The van der Waals surface area contributed by atoms with Crippen molar-refractivity contribution in [2.24, 2.45) is 5.73 Å². The molecule has 0 bridgehead atoms. The minimum absolute atomic E-state index is 0.300. The second-order valence-corrected chi connectivity index (χ2v) is 10.4. The lowest BCUT2D eigenvalue weighted by Crippen LogP contribution is -2.47. The number of anilines is 2. The number of aliphatic hydroxyl groups is 1. The van der Waals surface area contributed by atoms with Crippen molar-refractivity contribution in [3.8, 4) is 11.1 Å². The second-order valence-electron chi connectivity index (χ2n) is 10.4. The third kappa shape index (κ3) is 4.98. The van der Waals surface area contributed by atoms with Crippen molar-refractivity contribution in [1.29, 1.82) is 0 Å². The van der Waals surface area contributed by atoms with Crippen LogP contribution in [0.4, 0.5) is 16.2 Å². The molecular weight excluding hydrogens is 511 g/mol. The van der Waals surface area contributed by atoms with Gasteiger partial charge in [-0.25, -0.2) is 23.9 Å². The van der Waals surface area contributed by atoms with Gasteiger partial charge in [-0.1, -0.05) is 12.1 Å². The highest BCUT2D eigenvalue weighted by Crippen LogP contribution is 2.29. The summed E-state index contributed by atoms with van der Waals surface area (Å²) < 4.78 is 16.9. The van der Waals surface area contributed by atoms with E-state index in [1.165, 1.54) is 12.1 Å². The van der Waals surface area contributed by atoms with Gasteiger partial charge in [0, 0.05) is 67.7 Å². The number of benzene rings is 1. The topological polar surface area (TPSA) is 127 Å². The van der Waals surface area contributed by atoms with Crippen molar-refractivity contribution in [2.45, 2.75) is 32.0 Å². The predicted octanol–water partition coefficient (Wildman–Crippen LogP) is 2.45. The average molecular weight is 543 g/mol. The first-order valence-electron chi connectivity index (χ1n) is 13.2. The fraction of sp³-hybridized carbons (Fsp3) is 0.321. The fourth-order valence-electron chi connectivity index (χ4n) is 5.04. The first-order chi connectivity index (χ1) is 19.3. The van der Waals surface area contributed by atoms with E-state index in [0.29, 0.717) is 12.5 Å². The SMILES string of the molecule is C[C@H](O)Cn1cc(-c2cc3c(N4CCN(c5ncc([C@@](C)(N)c6ccc(F)cc6)cn5)CC4)ncnn3c2)cn1. The van der Waals surface area contributed by atoms with Crippen molar-refractivity contribution >= 4 is 17.3 Å². The van der Waals surface area contributed by atoms with Crippen LogP contribution in [0.2, 0.25) is 0 Å². The molecule has 3 N–H and O–H groups in total. The summed E-state index contributed by atoms with van der Waals surface area (Å²) in [5.74, 6) is 1.21. The molecule has 11 nitrogen and oxygen atoms in total. The van der Waals surface area contributed by atoms with Gasteiger partial charge < -0.3 is 20.6 Å². The average Bonchev–Trinajstić information content (AvgIpc) is 3.60. The monoisotopic (exact) mass is 542 g/mol. The third-order valence-electron chi connectivity index (χ3n) is 7.35. The number of piperazine rings is 1. The van der Waals surface area contributed by atoms with Gasteiger partial charge in [-0.3, -0.25) is 4.68 Å². The molecule has 1 fully saturated rings. The largest absolute Gasteiger partial charge is 0.391 e. The van der Waals surface area contributed by atoms with Crippen LogP contribution in [0.3, 0.4) is 0 Å². The van der Waals surface area contributed by atoms with E-state index in [-0.39, 0.29) is 5.82 Å². The lowest BCUT2D eigenvalue weighted by atomic mass is 9.87. The molecule has 4 aromatic heterocycles. The Morgan fingerprint density at radius 1 is 0.925 bits per heavy atom. The van der Waals surface area contributed by atoms with E-state index in [9.17, 15) is 9.50 Å². The van der Waals surface area contributed by atoms with Gasteiger partial charge in [-0.15, -0.1) is 0 Å². The van der Waals surface area contributed by atoms with E-state index < -0.39 is 11.6 Å². The summed E-state index contributed by atoms with van der Waals surface area (Å²) in [6.45, 7) is 7.00. The van der Waals surface area contributed by atoms with Gasteiger partial charge in [0.2, 0.25) is 5.95 Å². The molecule has 1 saturated heterocycles. The molecule has 1 aliphatic heterocycles. The van der Waals surface area contributed by atoms with Gasteiger partial charge in [0.1, 0.15) is 17.7 Å². The minimum Gasteiger partial charge on any atom is -0.391 e. The summed E-state index contributed by atoms with van der Waals surface area (Å²) in [6, 6.07) is 8.25. The zero-order valence-corrected chi connectivity index (χ0v) is 22.4. The van der Waals surface area contributed by atoms with Crippen LogP contribution >= 0.6 is 0 Å². The highest BCUT2D eigenvalue weighted by molar-refractivity contribution is 5.77. The standard InChI is InChI=1S/C28H31FN10O/c1-19(40)15-38-16-21(12-34-38)20-11-25-26(33-18-35-39(25)17-20)36-7-9-37(10-8-36)27-31-13-23(14-32-27)28(2,30)22-3-5-24(29)6-4-22/h3-6,11-14,16-19,40H,7-10,15,30H2,1-2H3/t19-,28-/m0/s1. The quantitative estimate of drug-likeness (QED) is 0.319. The maximum atomic E-state index is 13.4. The summed E-state index contributed by atoms with van der Waals surface area (Å²) in [5, 5.41) is 18.4. The van der Waals surface area contributed by atoms with Crippen molar-refractivity contribution in [2.75, 3.05) is 36.0 Å². The Hall–Kier alpha value is -4.42. The minimum atomic E-state index is -0.838. The Bertz CT molecular complexity index is 1600.